The molecular weight excluding hydrogens is 258 g/mol. The molecule has 0 amide bonds. The molecule has 0 aliphatic carbocycles. The first-order chi connectivity index (χ1) is 8.89. The van der Waals surface area contributed by atoms with Gasteiger partial charge in [-0.1, -0.05) is 50.6 Å². The van der Waals surface area contributed by atoms with Crippen LogP contribution in [0.3, 0.4) is 0 Å². The van der Waals surface area contributed by atoms with Gasteiger partial charge in [0.15, 0.2) is 5.78 Å². The van der Waals surface area contributed by atoms with Gasteiger partial charge in [-0.05, 0) is 18.2 Å². The minimum atomic E-state index is -0.404. The summed E-state index contributed by atoms with van der Waals surface area (Å²) in [5.41, 5.74) is 1.82. The Bertz CT molecular complexity index is 614. The Morgan fingerprint density at radius 2 is 1.84 bits per heavy atom. The van der Waals surface area contributed by atoms with Crippen molar-refractivity contribution in [3.63, 3.8) is 0 Å². The summed E-state index contributed by atoms with van der Waals surface area (Å²) in [5.74, 6) is 0.100. The number of rotatable bonds is 2. The van der Waals surface area contributed by atoms with Crippen molar-refractivity contribution in [2.45, 2.75) is 20.8 Å². The molecule has 2 nitrogen and oxygen atoms in total. The number of pyridine rings is 1. The summed E-state index contributed by atoms with van der Waals surface area (Å²) in [4.78, 5) is 16.6. The van der Waals surface area contributed by atoms with E-state index in [0.29, 0.717) is 10.6 Å². The number of aromatic nitrogens is 1. The number of nitrogens with zero attached hydrogens (tertiary/aromatic N) is 1. The number of hydrogen-bond acceptors (Lipinski definition) is 2. The van der Waals surface area contributed by atoms with E-state index >= 15 is 0 Å². The largest absolute Gasteiger partial charge is 0.294 e. The van der Waals surface area contributed by atoms with Crippen LogP contribution in [-0.2, 0) is 0 Å². The van der Waals surface area contributed by atoms with Crippen molar-refractivity contribution in [2.24, 2.45) is 5.41 Å². The van der Waals surface area contributed by atoms with E-state index in [-0.39, 0.29) is 5.78 Å². The molecule has 1 aromatic carbocycles. The van der Waals surface area contributed by atoms with Gasteiger partial charge in [-0.2, -0.15) is 0 Å². The van der Waals surface area contributed by atoms with Crippen molar-refractivity contribution in [1.82, 2.24) is 4.98 Å². The molecule has 98 valence electrons. The van der Waals surface area contributed by atoms with E-state index in [4.69, 9.17) is 11.6 Å². The minimum Gasteiger partial charge on any atom is -0.294 e. The topological polar surface area (TPSA) is 30.0 Å². The molecular formula is C16H16ClNO. The second-order valence-electron chi connectivity index (χ2n) is 5.49. The number of carbonyl (C=O) groups excluding carboxylic acids is 1. The van der Waals surface area contributed by atoms with E-state index in [9.17, 15) is 4.79 Å². The Labute approximate surface area is 118 Å². The van der Waals surface area contributed by atoms with Crippen molar-refractivity contribution in [3.8, 4) is 11.3 Å². The average molecular weight is 274 g/mol. The number of halogens is 1. The zero-order valence-corrected chi connectivity index (χ0v) is 12.0. The predicted molar refractivity (Wildman–Crippen MR) is 78.5 cm³/mol. The third kappa shape index (κ3) is 3.02. The van der Waals surface area contributed by atoms with Crippen LogP contribution in [0.4, 0.5) is 0 Å². The monoisotopic (exact) mass is 273 g/mol. The van der Waals surface area contributed by atoms with Crippen LogP contribution in [-0.4, -0.2) is 10.8 Å². The Morgan fingerprint density at radius 1 is 1.16 bits per heavy atom. The standard InChI is InChI=1S/C16H16ClNO/c1-16(2,3)15(19)11-8-9-18-14(10-11)12-6-4-5-7-13(12)17/h4-10H,1-3H3. The van der Waals surface area contributed by atoms with E-state index in [1.54, 1.807) is 18.3 Å². The smallest absolute Gasteiger partial charge is 0.168 e. The zero-order valence-electron chi connectivity index (χ0n) is 11.3. The summed E-state index contributed by atoms with van der Waals surface area (Å²) in [5, 5.41) is 0.635. The highest BCUT2D eigenvalue weighted by molar-refractivity contribution is 6.33. The highest BCUT2D eigenvalue weighted by Gasteiger charge is 2.23. The molecule has 0 spiro atoms. The second-order valence-corrected chi connectivity index (χ2v) is 5.90. The molecule has 0 atom stereocenters. The lowest BCUT2D eigenvalue weighted by atomic mass is 9.86. The third-order valence-electron chi connectivity index (χ3n) is 2.85. The van der Waals surface area contributed by atoms with Crippen molar-refractivity contribution < 1.29 is 4.79 Å². The highest BCUT2D eigenvalue weighted by atomic mass is 35.5. The third-order valence-corrected chi connectivity index (χ3v) is 3.18. The lowest BCUT2D eigenvalue weighted by molar-refractivity contribution is 0.0858. The fourth-order valence-electron chi connectivity index (χ4n) is 1.82. The van der Waals surface area contributed by atoms with Crippen LogP contribution in [0.2, 0.25) is 5.02 Å². The van der Waals surface area contributed by atoms with Crippen molar-refractivity contribution in [1.29, 1.82) is 0 Å². The summed E-state index contributed by atoms with van der Waals surface area (Å²) in [6.07, 6.45) is 1.65. The SMILES string of the molecule is CC(C)(C)C(=O)c1ccnc(-c2ccccc2Cl)c1. The molecule has 0 N–H and O–H groups in total. The van der Waals surface area contributed by atoms with Crippen LogP contribution in [0.25, 0.3) is 11.3 Å². The number of benzene rings is 1. The molecule has 0 unspecified atom stereocenters. The van der Waals surface area contributed by atoms with Crippen LogP contribution in [0.1, 0.15) is 31.1 Å². The van der Waals surface area contributed by atoms with Crippen molar-refractivity contribution in [2.75, 3.05) is 0 Å². The maximum absolute atomic E-state index is 12.3. The number of carbonyl (C=O) groups is 1. The van der Waals surface area contributed by atoms with Gasteiger partial charge < -0.3 is 0 Å². The van der Waals surface area contributed by atoms with E-state index in [0.717, 1.165) is 11.3 Å². The zero-order chi connectivity index (χ0) is 14.0. The first-order valence-electron chi connectivity index (χ1n) is 6.15. The van der Waals surface area contributed by atoms with Crippen molar-refractivity contribution >= 4 is 17.4 Å². The average Bonchev–Trinajstić information content (AvgIpc) is 2.37. The van der Waals surface area contributed by atoms with Crippen LogP contribution < -0.4 is 0 Å². The van der Waals surface area contributed by atoms with Gasteiger partial charge in [0.2, 0.25) is 0 Å². The van der Waals surface area contributed by atoms with Crippen LogP contribution in [0.15, 0.2) is 42.6 Å². The van der Waals surface area contributed by atoms with E-state index in [1.165, 1.54) is 0 Å². The molecule has 0 saturated heterocycles. The highest BCUT2D eigenvalue weighted by Crippen LogP contribution is 2.28. The van der Waals surface area contributed by atoms with Crippen LogP contribution in [0, 0.1) is 5.41 Å². The summed E-state index contributed by atoms with van der Waals surface area (Å²) in [6, 6.07) is 11.0. The number of Topliss-reactive ketones (excluding diaryl/α,β-unsaturated/α-hetero) is 1. The second kappa shape index (κ2) is 5.14. The summed E-state index contributed by atoms with van der Waals surface area (Å²) < 4.78 is 0. The fourth-order valence-corrected chi connectivity index (χ4v) is 2.05. The lowest BCUT2D eigenvalue weighted by Gasteiger charge is -2.16. The summed E-state index contributed by atoms with van der Waals surface area (Å²) in [6.45, 7) is 5.72. The molecule has 0 saturated carbocycles. The minimum absolute atomic E-state index is 0.100. The molecule has 2 aromatic rings. The van der Waals surface area contributed by atoms with E-state index in [1.807, 2.05) is 45.0 Å². The molecule has 2 rings (SSSR count). The predicted octanol–water partition coefficient (Wildman–Crippen LogP) is 4.63. The summed E-state index contributed by atoms with van der Waals surface area (Å²) >= 11 is 6.16. The van der Waals surface area contributed by atoms with Crippen molar-refractivity contribution in [3.05, 3.63) is 53.2 Å². The van der Waals surface area contributed by atoms with Gasteiger partial charge in [-0.15, -0.1) is 0 Å². The Hall–Kier alpha value is -1.67. The Kier molecular flexibility index (Phi) is 3.72. The summed E-state index contributed by atoms with van der Waals surface area (Å²) in [7, 11) is 0. The first kappa shape index (κ1) is 13.8. The lowest BCUT2D eigenvalue weighted by Crippen LogP contribution is -2.20. The van der Waals surface area contributed by atoms with Gasteiger partial charge in [0, 0.05) is 27.8 Å². The number of ketones is 1. The van der Waals surface area contributed by atoms with Crippen LogP contribution >= 0.6 is 11.6 Å². The van der Waals surface area contributed by atoms with Gasteiger partial charge >= 0.3 is 0 Å². The Balaban J connectivity index is 2.47. The number of hydrogen-bond donors (Lipinski definition) is 0. The van der Waals surface area contributed by atoms with Crippen LogP contribution in [0.5, 0.6) is 0 Å². The van der Waals surface area contributed by atoms with Gasteiger partial charge in [0.05, 0.1) is 5.69 Å². The maximum atomic E-state index is 12.3. The van der Waals surface area contributed by atoms with E-state index in [2.05, 4.69) is 4.98 Å². The molecule has 0 radical (unpaired) electrons. The van der Waals surface area contributed by atoms with Gasteiger partial charge in [0.1, 0.15) is 0 Å². The Morgan fingerprint density at radius 3 is 2.47 bits per heavy atom. The molecule has 1 aromatic heterocycles. The van der Waals surface area contributed by atoms with Gasteiger partial charge in [-0.25, -0.2) is 0 Å². The molecule has 0 aliphatic rings. The van der Waals surface area contributed by atoms with Gasteiger partial charge in [0.25, 0.3) is 0 Å². The molecule has 19 heavy (non-hydrogen) atoms. The first-order valence-corrected chi connectivity index (χ1v) is 6.53. The molecule has 0 aliphatic heterocycles. The quantitative estimate of drug-likeness (QED) is 0.747. The fraction of sp³-hybridized carbons (Fsp3) is 0.250. The molecule has 0 bridgehead atoms. The molecule has 1 heterocycles. The maximum Gasteiger partial charge on any atom is 0.168 e. The normalized spacial score (nSPS) is 11.4. The van der Waals surface area contributed by atoms with Gasteiger partial charge in [-0.3, -0.25) is 9.78 Å². The van der Waals surface area contributed by atoms with E-state index < -0.39 is 5.41 Å². The molecule has 0 fully saturated rings. The molecule has 3 heteroatoms.